The molecule has 4 nitrogen and oxygen atoms in total. The molecule has 0 saturated carbocycles. The van der Waals surface area contributed by atoms with Crippen LogP contribution in [0.15, 0.2) is 53.0 Å². The quantitative estimate of drug-likeness (QED) is 0.811. The normalized spacial score (nSPS) is 11.6. The Morgan fingerprint density at radius 3 is 2.43 bits per heavy atom. The van der Waals surface area contributed by atoms with Gasteiger partial charge in [-0.25, -0.2) is 4.79 Å². The van der Waals surface area contributed by atoms with Crippen molar-refractivity contribution in [2.45, 2.75) is 26.5 Å². The Balaban J connectivity index is 1.88. The number of nitrogens with one attached hydrogen (secondary N) is 1. The fourth-order valence-electron chi connectivity index (χ4n) is 1.94. The lowest BCUT2D eigenvalue weighted by atomic mass is 10.1. The molecule has 2 aromatic carbocycles. The highest BCUT2D eigenvalue weighted by molar-refractivity contribution is 9.10. The smallest absolute Gasteiger partial charge is 0.340 e. The van der Waals surface area contributed by atoms with Crippen molar-refractivity contribution in [2.24, 2.45) is 0 Å². The lowest BCUT2D eigenvalue weighted by Gasteiger charge is -2.14. The van der Waals surface area contributed by atoms with Crippen molar-refractivity contribution in [2.75, 3.05) is 0 Å². The maximum absolute atomic E-state index is 12.1. The molecular weight excluding hydrogens is 358 g/mol. The predicted molar refractivity (Wildman–Crippen MR) is 92.0 cm³/mol. The molecule has 0 heterocycles. The zero-order valence-electron chi connectivity index (χ0n) is 13.0. The summed E-state index contributed by atoms with van der Waals surface area (Å²) in [5, 5.41) is 2.76. The number of benzene rings is 2. The summed E-state index contributed by atoms with van der Waals surface area (Å²) in [5.74, 6) is -0.860. The summed E-state index contributed by atoms with van der Waals surface area (Å²) < 4.78 is 5.84. The molecule has 23 heavy (non-hydrogen) atoms. The van der Waals surface area contributed by atoms with Crippen LogP contribution >= 0.6 is 15.9 Å². The van der Waals surface area contributed by atoms with Gasteiger partial charge < -0.3 is 10.1 Å². The van der Waals surface area contributed by atoms with E-state index in [1.54, 1.807) is 31.2 Å². The second-order valence-corrected chi connectivity index (χ2v) is 6.09. The van der Waals surface area contributed by atoms with Crippen molar-refractivity contribution in [1.82, 2.24) is 5.32 Å². The molecule has 1 unspecified atom stereocenters. The molecule has 120 valence electrons. The van der Waals surface area contributed by atoms with Gasteiger partial charge in [-0.05, 0) is 47.5 Å². The lowest BCUT2D eigenvalue weighted by molar-refractivity contribution is -0.129. The van der Waals surface area contributed by atoms with E-state index in [1.807, 2.05) is 31.2 Å². The summed E-state index contributed by atoms with van der Waals surface area (Å²) in [6, 6.07) is 14.8. The molecule has 0 radical (unpaired) electrons. The van der Waals surface area contributed by atoms with Crippen LogP contribution in [0, 0.1) is 6.92 Å². The molecule has 0 aromatic heterocycles. The standard InChI is InChI=1S/C18H18BrNO3/c1-12-7-9-14(10-8-12)11-20-17(21)13(2)23-18(22)15-5-3-4-6-16(15)19/h3-10,13H,11H2,1-2H3,(H,20,21). The third-order valence-corrected chi connectivity index (χ3v) is 4.03. The maximum atomic E-state index is 12.1. The SMILES string of the molecule is Cc1ccc(CNC(=O)C(C)OC(=O)c2ccccc2Br)cc1. The van der Waals surface area contributed by atoms with Crippen LogP contribution in [0.2, 0.25) is 0 Å². The summed E-state index contributed by atoms with van der Waals surface area (Å²) in [6.45, 7) is 3.96. The molecule has 0 saturated heterocycles. The van der Waals surface area contributed by atoms with Gasteiger partial charge in [0.15, 0.2) is 6.10 Å². The molecule has 0 bridgehead atoms. The van der Waals surface area contributed by atoms with Gasteiger partial charge in [0.1, 0.15) is 0 Å². The van der Waals surface area contributed by atoms with Gasteiger partial charge in [0.2, 0.25) is 0 Å². The number of carbonyl (C=O) groups is 2. The Bertz CT molecular complexity index is 698. The van der Waals surface area contributed by atoms with Crippen LogP contribution < -0.4 is 5.32 Å². The van der Waals surface area contributed by atoms with Crippen molar-refractivity contribution in [3.8, 4) is 0 Å². The van der Waals surface area contributed by atoms with Gasteiger partial charge in [-0.15, -0.1) is 0 Å². The number of aryl methyl sites for hydroxylation is 1. The maximum Gasteiger partial charge on any atom is 0.340 e. The molecule has 0 aliphatic heterocycles. The van der Waals surface area contributed by atoms with E-state index in [-0.39, 0.29) is 5.91 Å². The Labute approximate surface area is 144 Å². The molecule has 0 spiro atoms. The van der Waals surface area contributed by atoms with E-state index in [4.69, 9.17) is 4.74 Å². The second-order valence-electron chi connectivity index (χ2n) is 5.23. The third-order valence-electron chi connectivity index (χ3n) is 3.33. The first-order valence-corrected chi connectivity index (χ1v) is 8.05. The zero-order chi connectivity index (χ0) is 16.8. The van der Waals surface area contributed by atoms with E-state index in [2.05, 4.69) is 21.2 Å². The van der Waals surface area contributed by atoms with Gasteiger partial charge in [-0.3, -0.25) is 4.79 Å². The molecule has 0 aliphatic rings. The van der Waals surface area contributed by atoms with Crippen LogP contribution in [-0.4, -0.2) is 18.0 Å². The number of halogens is 1. The summed E-state index contributed by atoms with van der Waals surface area (Å²) >= 11 is 3.29. The van der Waals surface area contributed by atoms with E-state index in [1.165, 1.54) is 0 Å². The molecular formula is C18H18BrNO3. The largest absolute Gasteiger partial charge is 0.449 e. The van der Waals surface area contributed by atoms with Gasteiger partial charge in [0, 0.05) is 11.0 Å². The Morgan fingerprint density at radius 2 is 1.78 bits per heavy atom. The van der Waals surface area contributed by atoms with Crippen LogP contribution in [0.25, 0.3) is 0 Å². The number of ether oxygens (including phenoxy) is 1. The minimum absolute atomic E-state index is 0.328. The van der Waals surface area contributed by atoms with E-state index in [0.717, 1.165) is 11.1 Å². The average molecular weight is 376 g/mol. The first-order valence-electron chi connectivity index (χ1n) is 7.26. The minimum Gasteiger partial charge on any atom is -0.449 e. The third kappa shape index (κ3) is 4.93. The molecule has 1 N–H and O–H groups in total. The Kier molecular flexibility index (Phi) is 5.93. The summed E-state index contributed by atoms with van der Waals surface area (Å²) in [6.07, 6.45) is -0.861. The van der Waals surface area contributed by atoms with Crippen LogP contribution in [-0.2, 0) is 16.1 Å². The summed E-state index contributed by atoms with van der Waals surface area (Å²) in [5.41, 5.74) is 2.55. The lowest BCUT2D eigenvalue weighted by Crippen LogP contribution is -2.35. The number of hydrogen-bond acceptors (Lipinski definition) is 3. The predicted octanol–water partition coefficient (Wildman–Crippen LogP) is 3.62. The number of amides is 1. The monoisotopic (exact) mass is 375 g/mol. The molecule has 0 aliphatic carbocycles. The van der Waals surface area contributed by atoms with Crippen LogP contribution in [0.3, 0.4) is 0 Å². The van der Waals surface area contributed by atoms with Gasteiger partial charge in [0.05, 0.1) is 5.56 Å². The van der Waals surface area contributed by atoms with Crippen LogP contribution in [0.1, 0.15) is 28.4 Å². The molecule has 0 fully saturated rings. The van der Waals surface area contributed by atoms with E-state index < -0.39 is 12.1 Å². The van der Waals surface area contributed by atoms with E-state index >= 15 is 0 Å². The number of carbonyl (C=O) groups excluding carboxylic acids is 2. The van der Waals surface area contributed by atoms with Gasteiger partial charge in [-0.1, -0.05) is 42.0 Å². The van der Waals surface area contributed by atoms with Crippen molar-refractivity contribution in [3.05, 3.63) is 69.7 Å². The van der Waals surface area contributed by atoms with E-state index in [9.17, 15) is 9.59 Å². The Morgan fingerprint density at radius 1 is 1.13 bits per heavy atom. The number of hydrogen-bond donors (Lipinski definition) is 1. The first-order chi connectivity index (χ1) is 11.0. The molecule has 1 atom stereocenters. The molecule has 2 aromatic rings. The first kappa shape index (κ1) is 17.2. The molecule has 2 rings (SSSR count). The van der Waals surface area contributed by atoms with Gasteiger partial charge >= 0.3 is 5.97 Å². The van der Waals surface area contributed by atoms with Crippen molar-refractivity contribution in [3.63, 3.8) is 0 Å². The van der Waals surface area contributed by atoms with Crippen LogP contribution in [0.5, 0.6) is 0 Å². The number of rotatable bonds is 5. The van der Waals surface area contributed by atoms with Crippen LogP contribution in [0.4, 0.5) is 0 Å². The fourth-order valence-corrected chi connectivity index (χ4v) is 2.39. The number of esters is 1. The topological polar surface area (TPSA) is 55.4 Å². The van der Waals surface area contributed by atoms with Crippen molar-refractivity contribution in [1.29, 1.82) is 0 Å². The second kappa shape index (κ2) is 7.92. The molecule has 5 heteroatoms. The average Bonchev–Trinajstić information content (AvgIpc) is 2.54. The highest BCUT2D eigenvalue weighted by Gasteiger charge is 2.19. The van der Waals surface area contributed by atoms with Gasteiger partial charge in [0.25, 0.3) is 5.91 Å². The summed E-state index contributed by atoms with van der Waals surface area (Å²) in [4.78, 5) is 24.1. The molecule has 1 amide bonds. The Hall–Kier alpha value is -2.14. The van der Waals surface area contributed by atoms with Crippen molar-refractivity contribution >= 4 is 27.8 Å². The zero-order valence-corrected chi connectivity index (χ0v) is 14.6. The van der Waals surface area contributed by atoms with Gasteiger partial charge in [-0.2, -0.15) is 0 Å². The fraction of sp³-hybridized carbons (Fsp3) is 0.222. The minimum atomic E-state index is -0.861. The summed E-state index contributed by atoms with van der Waals surface area (Å²) in [7, 11) is 0. The van der Waals surface area contributed by atoms with Crippen molar-refractivity contribution < 1.29 is 14.3 Å². The highest BCUT2D eigenvalue weighted by Crippen LogP contribution is 2.17. The highest BCUT2D eigenvalue weighted by atomic mass is 79.9. The van der Waals surface area contributed by atoms with E-state index in [0.29, 0.717) is 16.6 Å².